The van der Waals surface area contributed by atoms with Crippen LogP contribution in [-0.4, -0.2) is 48.6 Å². The van der Waals surface area contributed by atoms with E-state index in [1.54, 1.807) is 6.20 Å². The van der Waals surface area contributed by atoms with Gasteiger partial charge in [0.25, 0.3) is 0 Å². The number of nitrogens with zero attached hydrogens (tertiary/aromatic N) is 3. The molecule has 0 amide bonds. The van der Waals surface area contributed by atoms with Gasteiger partial charge in [0.2, 0.25) is 0 Å². The highest BCUT2D eigenvalue weighted by Gasteiger charge is 2.26. The predicted molar refractivity (Wildman–Crippen MR) is 132 cm³/mol. The molecule has 3 rings (SSSR count). The molecule has 0 bridgehead atoms. The molecule has 1 fully saturated rings. The van der Waals surface area contributed by atoms with Gasteiger partial charge in [-0.05, 0) is 49.6 Å². The molecule has 1 aromatic carbocycles. The van der Waals surface area contributed by atoms with Gasteiger partial charge in [-0.1, -0.05) is 18.2 Å². The van der Waals surface area contributed by atoms with Gasteiger partial charge in [-0.2, -0.15) is 0 Å². The molecule has 0 aliphatic carbocycles. The minimum Gasteiger partial charge on any atom is -0.487 e. The van der Waals surface area contributed by atoms with Crippen LogP contribution in [0.4, 0.5) is 0 Å². The summed E-state index contributed by atoms with van der Waals surface area (Å²) < 4.78 is 10.7. The summed E-state index contributed by atoms with van der Waals surface area (Å²) in [5, 5.41) is 3.36. The standard InChI is InChI=1S/C23H30N4O3.HI/c1-3-24-23(27-14-11-19(12-15-27)22(28)29-2)26-16-18-7-9-21(10-8-18)30-17-20-6-4-5-13-25-20;/h4-10,13,19H,3,11-12,14-17H2,1-2H3,(H,24,26);1H. The Balaban J connectivity index is 0.00000341. The van der Waals surface area contributed by atoms with Gasteiger partial charge < -0.3 is 19.7 Å². The number of esters is 1. The SMILES string of the molecule is CCNC(=NCc1ccc(OCc2ccccn2)cc1)N1CCC(C(=O)OC)CC1.I. The summed E-state index contributed by atoms with van der Waals surface area (Å²) in [6.07, 6.45) is 3.35. The second kappa shape index (κ2) is 13.1. The van der Waals surface area contributed by atoms with Crippen molar-refractivity contribution in [3.8, 4) is 5.75 Å². The van der Waals surface area contributed by atoms with Crippen LogP contribution >= 0.6 is 24.0 Å². The van der Waals surface area contributed by atoms with E-state index < -0.39 is 0 Å². The second-order valence-electron chi connectivity index (χ2n) is 7.21. The number of hydrogen-bond donors (Lipinski definition) is 1. The summed E-state index contributed by atoms with van der Waals surface area (Å²) >= 11 is 0. The fourth-order valence-corrected chi connectivity index (χ4v) is 3.42. The number of ether oxygens (including phenoxy) is 2. The van der Waals surface area contributed by atoms with Crippen LogP contribution in [0.15, 0.2) is 53.7 Å². The van der Waals surface area contributed by atoms with Gasteiger partial charge >= 0.3 is 5.97 Å². The van der Waals surface area contributed by atoms with E-state index in [0.717, 1.165) is 55.4 Å². The molecule has 2 heterocycles. The number of methoxy groups -OCH3 is 1. The third-order valence-electron chi connectivity index (χ3n) is 5.11. The molecule has 1 aliphatic rings. The third-order valence-corrected chi connectivity index (χ3v) is 5.11. The lowest BCUT2D eigenvalue weighted by atomic mass is 9.97. The van der Waals surface area contributed by atoms with E-state index in [9.17, 15) is 4.79 Å². The van der Waals surface area contributed by atoms with Crippen LogP contribution in [0.25, 0.3) is 0 Å². The van der Waals surface area contributed by atoms with Crippen LogP contribution in [0.1, 0.15) is 31.0 Å². The van der Waals surface area contributed by atoms with Crippen molar-refractivity contribution >= 4 is 35.9 Å². The molecule has 31 heavy (non-hydrogen) atoms. The van der Waals surface area contributed by atoms with Crippen molar-refractivity contribution in [2.45, 2.75) is 32.9 Å². The largest absolute Gasteiger partial charge is 0.487 e. The first-order chi connectivity index (χ1) is 14.7. The molecule has 168 valence electrons. The molecule has 1 saturated heterocycles. The highest BCUT2D eigenvalue weighted by Crippen LogP contribution is 2.19. The number of nitrogens with one attached hydrogen (secondary N) is 1. The van der Waals surface area contributed by atoms with Crippen molar-refractivity contribution in [2.24, 2.45) is 10.9 Å². The first-order valence-corrected chi connectivity index (χ1v) is 10.4. The van der Waals surface area contributed by atoms with Gasteiger partial charge in [-0.3, -0.25) is 9.78 Å². The topological polar surface area (TPSA) is 76.1 Å². The van der Waals surface area contributed by atoms with Crippen LogP contribution in [0.3, 0.4) is 0 Å². The third kappa shape index (κ3) is 7.68. The number of hydrogen-bond acceptors (Lipinski definition) is 5. The average Bonchev–Trinajstić information content (AvgIpc) is 2.81. The van der Waals surface area contributed by atoms with Gasteiger partial charge in [0.15, 0.2) is 5.96 Å². The summed E-state index contributed by atoms with van der Waals surface area (Å²) in [4.78, 5) is 23.0. The van der Waals surface area contributed by atoms with Crippen molar-refractivity contribution in [3.63, 3.8) is 0 Å². The lowest BCUT2D eigenvalue weighted by Crippen LogP contribution is -2.46. The molecule has 7 nitrogen and oxygen atoms in total. The normalized spacial score (nSPS) is 14.5. The number of aliphatic imine (C=N–C) groups is 1. The summed E-state index contributed by atoms with van der Waals surface area (Å²) in [7, 11) is 1.45. The number of guanidine groups is 1. The summed E-state index contributed by atoms with van der Waals surface area (Å²) in [5.74, 6) is 1.58. The number of pyridine rings is 1. The quantitative estimate of drug-likeness (QED) is 0.251. The molecule has 0 spiro atoms. The number of carbonyl (C=O) groups excluding carboxylic acids is 1. The first-order valence-electron chi connectivity index (χ1n) is 10.4. The number of aromatic nitrogens is 1. The van der Waals surface area contributed by atoms with Crippen LogP contribution in [0.2, 0.25) is 0 Å². The van der Waals surface area contributed by atoms with E-state index in [1.807, 2.05) is 42.5 Å². The van der Waals surface area contributed by atoms with E-state index in [4.69, 9.17) is 14.5 Å². The Labute approximate surface area is 201 Å². The Kier molecular flexibility index (Phi) is 10.6. The van der Waals surface area contributed by atoms with E-state index in [1.165, 1.54) is 7.11 Å². The Morgan fingerprint density at radius 2 is 1.94 bits per heavy atom. The Morgan fingerprint density at radius 1 is 1.19 bits per heavy atom. The van der Waals surface area contributed by atoms with Crippen LogP contribution in [0, 0.1) is 5.92 Å². The van der Waals surface area contributed by atoms with E-state index >= 15 is 0 Å². The first kappa shape index (κ1) is 24.9. The Hall–Kier alpha value is -2.36. The van der Waals surface area contributed by atoms with E-state index in [-0.39, 0.29) is 35.9 Å². The van der Waals surface area contributed by atoms with Gasteiger partial charge in [0, 0.05) is 25.8 Å². The van der Waals surface area contributed by atoms with Crippen molar-refractivity contribution in [1.82, 2.24) is 15.2 Å². The van der Waals surface area contributed by atoms with E-state index in [0.29, 0.717) is 13.2 Å². The van der Waals surface area contributed by atoms with Crippen LogP contribution in [-0.2, 0) is 22.7 Å². The van der Waals surface area contributed by atoms with Crippen LogP contribution in [0.5, 0.6) is 5.75 Å². The molecule has 0 radical (unpaired) electrons. The maximum atomic E-state index is 11.7. The van der Waals surface area contributed by atoms with Crippen molar-refractivity contribution < 1.29 is 14.3 Å². The second-order valence-corrected chi connectivity index (χ2v) is 7.21. The van der Waals surface area contributed by atoms with Crippen molar-refractivity contribution in [3.05, 3.63) is 59.9 Å². The van der Waals surface area contributed by atoms with Gasteiger partial charge in [0.05, 0.1) is 25.3 Å². The molecular formula is C23H31IN4O3. The zero-order valence-electron chi connectivity index (χ0n) is 18.1. The number of likely N-dealkylation sites (tertiary alicyclic amines) is 1. The molecular weight excluding hydrogens is 507 g/mol. The molecule has 0 unspecified atom stereocenters. The maximum absolute atomic E-state index is 11.7. The molecule has 2 aromatic rings. The fourth-order valence-electron chi connectivity index (χ4n) is 3.42. The van der Waals surface area contributed by atoms with Gasteiger partial charge in [-0.25, -0.2) is 4.99 Å². The lowest BCUT2D eigenvalue weighted by Gasteiger charge is -2.33. The van der Waals surface area contributed by atoms with Crippen LogP contribution < -0.4 is 10.1 Å². The van der Waals surface area contributed by atoms with Crippen molar-refractivity contribution in [1.29, 1.82) is 0 Å². The monoisotopic (exact) mass is 538 g/mol. The molecule has 0 saturated carbocycles. The molecule has 0 atom stereocenters. The number of halogens is 1. The smallest absolute Gasteiger partial charge is 0.308 e. The zero-order valence-corrected chi connectivity index (χ0v) is 20.5. The maximum Gasteiger partial charge on any atom is 0.308 e. The number of benzene rings is 1. The highest BCUT2D eigenvalue weighted by atomic mass is 127. The Morgan fingerprint density at radius 3 is 2.55 bits per heavy atom. The average molecular weight is 538 g/mol. The van der Waals surface area contributed by atoms with Crippen molar-refractivity contribution in [2.75, 3.05) is 26.7 Å². The summed E-state index contributed by atoms with van der Waals surface area (Å²) in [6.45, 7) is 5.49. The predicted octanol–water partition coefficient (Wildman–Crippen LogP) is 3.63. The number of carbonyl (C=O) groups is 1. The summed E-state index contributed by atoms with van der Waals surface area (Å²) in [6, 6.07) is 13.8. The Bertz CT molecular complexity index is 822. The number of piperidine rings is 1. The molecule has 1 aliphatic heterocycles. The molecule has 1 N–H and O–H groups in total. The lowest BCUT2D eigenvalue weighted by molar-refractivity contribution is -0.146. The van der Waals surface area contributed by atoms with E-state index in [2.05, 4.69) is 22.1 Å². The van der Waals surface area contributed by atoms with Gasteiger partial charge in [-0.15, -0.1) is 24.0 Å². The number of rotatable bonds is 7. The zero-order chi connectivity index (χ0) is 21.2. The minimum atomic E-state index is -0.109. The molecule has 8 heteroatoms. The summed E-state index contributed by atoms with van der Waals surface area (Å²) in [5.41, 5.74) is 2.01. The molecule has 1 aromatic heterocycles. The minimum absolute atomic E-state index is 0. The fraction of sp³-hybridized carbons (Fsp3) is 0.435. The highest BCUT2D eigenvalue weighted by molar-refractivity contribution is 14.0. The van der Waals surface area contributed by atoms with Gasteiger partial charge in [0.1, 0.15) is 12.4 Å².